The Morgan fingerprint density at radius 1 is 0.846 bits per heavy atom. The Morgan fingerprint density at radius 3 is 1.88 bits per heavy atom. The largest absolute Gasteiger partial charge is 0.367 e. The molecular formula is C25H40O. The van der Waals surface area contributed by atoms with E-state index in [2.05, 4.69) is 65.5 Å². The molecule has 1 atom stereocenters. The Morgan fingerprint density at radius 2 is 1.35 bits per heavy atom. The van der Waals surface area contributed by atoms with Crippen LogP contribution < -0.4 is 0 Å². The third-order valence-corrected chi connectivity index (χ3v) is 5.13. The van der Waals surface area contributed by atoms with E-state index < -0.39 is 0 Å². The number of allylic oxidation sites excluding steroid dienone is 9. The summed E-state index contributed by atoms with van der Waals surface area (Å²) in [6.07, 6.45) is 23.0. The lowest BCUT2D eigenvalue weighted by molar-refractivity contribution is 0.320. The Balaban J connectivity index is 2.13. The van der Waals surface area contributed by atoms with E-state index in [4.69, 9.17) is 4.74 Å². The molecule has 1 aliphatic heterocycles. The zero-order valence-corrected chi connectivity index (χ0v) is 17.8. The van der Waals surface area contributed by atoms with E-state index >= 15 is 0 Å². The quantitative estimate of drug-likeness (QED) is 0.141. The second-order valence-corrected chi connectivity index (χ2v) is 8.22. The van der Waals surface area contributed by atoms with Crippen LogP contribution in [0.3, 0.4) is 0 Å². The molecule has 1 nitrogen and oxygen atoms in total. The van der Waals surface area contributed by atoms with E-state index in [0.29, 0.717) is 6.10 Å². The second kappa shape index (κ2) is 12.1. The molecule has 1 unspecified atom stereocenters. The van der Waals surface area contributed by atoms with Gasteiger partial charge in [0.15, 0.2) is 0 Å². The topological polar surface area (TPSA) is 12.5 Å². The number of hydrogen-bond donors (Lipinski definition) is 0. The fraction of sp³-hybridized carbons (Fsp3) is 0.600. The fourth-order valence-electron chi connectivity index (χ4n) is 3.11. The normalized spacial score (nSPS) is 20.7. The molecule has 0 bridgehead atoms. The molecule has 0 aromatic carbocycles. The van der Waals surface area contributed by atoms with Gasteiger partial charge in [0.25, 0.3) is 0 Å². The van der Waals surface area contributed by atoms with Crippen LogP contribution in [0.2, 0.25) is 0 Å². The molecule has 0 amide bonds. The molecule has 0 aromatic heterocycles. The van der Waals surface area contributed by atoms with Crippen molar-refractivity contribution in [1.29, 1.82) is 0 Å². The highest BCUT2D eigenvalue weighted by Gasteiger charge is 2.46. The highest BCUT2D eigenvalue weighted by atomic mass is 16.6. The van der Waals surface area contributed by atoms with Gasteiger partial charge >= 0.3 is 0 Å². The summed E-state index contributed by atoms with van der Waals surface area (Å²) in [5.74, 6) is 0. The summed E-state index contributed by atoms with van der Waals surface area (Å²) in [4.78, 5) is 0. The molecule has 0 aromatic rings. The van der Waals surface area contributed by atoms with Gasteiger partial charge in [-0.05, 0) is 86.0 Å². The van der Waals surface area contributed by atoms with Gasteiger partial charge in [0.2, 0.25) is 0 Å². The minimum atomic E-state index is 0.134. The minimum absolute atomic E-state index is 0.134. The maximum absolute atomic E-state index is 5.65. The summed E-state index contributed by atoms with van der Waals surface area (Å²) in [5.41, 5.74) is 4.65. The number of epoxide rings is 1. The van der Waals surface area contributed by atoms with Gasteiger partial charge in [0.1, 0.15) is 0 Å². The highest BCUT2D eigenvalue weighted by molar-refractivity contribution is 5.07. The van der Waals surface area contributed by atoms with Crippen LogP contribution in [0, 0.1) is 0 Å². The second-order valence-electron chi connectivity index (χ2n) is 8.22. The molecule has 1 saturated heterocycles. The van der Waals surface area contributed by atoms with Gasteiger partial charge in [-0.25, -0.2) is 0 Å². The maximum atomic E-state index is 5.65. The van der Waals surface area contributed by atoms with Crippen LogP contribution in [0.5, 0.6) is 0 Å². The molecular weight excluding hydrogens is 316 g/mol. The molecule has 0 N–H and O–H groups in total. The predicted molar refractivity (Wildman–Crippen MR) is 116 cm³/mol. The Labute approximate surface area is 162 Å². The lowest BCUT2D eigenvalue weighted by Crippen LogP contribution is -2.02. The standard InChI is InChI=1S/C25H40O/c1-7-8-9-10-14-21(2)15-11-12-16-22(3)17-13-18-23(4)19-20-24-25(5,6)26-24/h7-9,15-16,18,24H,1,10-14,17,19-20H2,2-6H3/b9-8-,21-15?,22-16?,23-18+. The van der Waals surface area contributed by atoms with Crippen LogP contribution in [-0.2, 0) is 4.74 Å². The molecule has 1 rings (SSSR count). The van der Waals surface area contributed by atoms with Gasteiger partial charge in [0, 0.05) is 0 Å². The molecule has 0 saturated carbocycles. The first-order valence-corrected chi connectivity index (χ1v) is 10.3. The zero-order valence-electron chi connectivity index (χ0n) is 17.8. The van der Waals surface area contributed by atoms with Gasteiger partial charge in [-0.1, -0.05) is 59.8 Å². The van der Waals surface area contributed by atoms with Gasteiger partial charge in [0.05, 0.1) is 11.7 Å². The third-order valence-electron chi connectivity index (χ3n) is 5.13. The van der Waals surface area contributed by atoms with Gasteiger partial charge in [-0.3, -0.25) is 0 Å². The summed E-state index contributed by atoms with van der Waals surface area (Å²) in [6.45, 7) is 14.8. The molecule has 26 heavy (non-hydrogen) atoms. The van der Waals surface area contributed by atoms with Crippen molar-refractivity contribution >= 4 is 0 Å². The summed E-state index contributed by atoms with van der Waals surface area (Å²) in [6, 6.07) is 0. The average Bonchev–Trinajstić information content (AvgIpc) is 3.20. The average molecular weight is 357 g/mol. The molecule has 1 heterocycles. The van der Waals surface area contributed by atoms with Crippen LogP contribution in [0.25, 0.3) is 0 Å². The summed E-state index contributed by atoms with van der Waals surface area (Å²) in [5, 5.41) is 0. The molecule has 1 fully saturated rings. The Kier molecular flexibility index (Phi) is 10.6. The van der Waals surface area contributed by atoms with E-state index in [1.165, 1.54) is 36.0 Å². The monoisotopic (exact) mass is 356 g/mol. The lowest BCUT2D eigenvalue weighted by Gasteiger charge is -2.02. The van der Waals surface area contributed by atoms with Crippen LogP contribution in [0.4, 0.5) is 0 Å². The van der Waals surface area contributed by atoms with Crippen LogP contribution in [0.1, 0.15) is 86.0 Å². The van der Waals surface area contributed by atoms with Gasteiger partial charge < -0.3 is 4.74 Å². The van der Waals surface area contributed by atoms with Crippen LogP contribution in [-0.4, -0.2) is 11.7 Å². The molecule has 1 aliphatic rings. The number of unbranched alkanes of at least 4 members (excludes halogenated alkanes) is 1. The van der Waals surface area contributed by atoms with E-state index in [1.54, 1.807) is 0 Å². The van der Waals surface area contributed by atoms with Crippen molar-refractivity contribution in [3.63, 3.8) is 0 Å². The van der Waals surface area contributed by atoms with Crippen LogP contribution in [0.15, 0.2) is 59.8 Å². The van der Waals surface area contributed by atoms with Crippen molar-refractivity contribution in [2.45, 2.75) is 97.7 Å². The number of ether oxygens (including phenoxy) is 1. The first kappa shape index (κ1) is 22.7. The molecule has 146 valence electrons. The Hall–Kier alpha value is -1.34. The van der Waals surface area contributed by atoms with E-state index in [0.717, 1.165) is 32.1 Å². The summed E-state index contributed by atoms with van der Waals surface area (Å²) < 4.78 is 5.65. The molecule has 0 radical (unpaired) electrons. The molecule has 1 heteroatoms. The van der Waals surface area contributed by atoms with Crippen LogP contribution >= 0.6 is 0 Å². The van der Waals surface area contributed by atoms with Crippen molar-refractivity contribution in [1.82, 2.24) is 0 Å². The minimum Gasteiger partial charge on any atom is -0.367 e. The van der Waals surface area contributed by atoms with Crippen molar-refractivity contribution in [3.8, 4) is 0 Å². The Bertz CT molecular complexity index is 543. The number of hydrogen-bond acceptors (Lipinski definition) is 1. The van der Waals surface area contributed by atoms with Crippen molar-refractivity contribution < 1.29 is 4.74 Å². The maximum Gasteiger partial charge on any atom is 0.0892 e. The highest BCUT2D eigenvalue weighted by Crippen LogP contribution is 2.38. The van der Waals surface area contributed by atoms with E-state index in [-0.39, 0.29) is 5.60 Å². The van der Waals surface area contributed by atoms with Crippen molar-refractivity contribution in [2.24, 2.45) is 0 Å². The van der Waals surface area contributed by atoms with E-state index in [9.17, 15) is 0 Å². The summed E-state index contributed by atoms with van der Waals surface area (Å²) in [7, 11) is 0. The van der Waals surface area contributed by atoms with Gasteiger partial charge in [-0.2, -0.15) is 0 Å². The third kappa shape index (κ3) is 10.6. The lowest BCUT2D eigenvalue weighted by atomic mass is 10.0. The molecule has 0 aliphatic carbocycles. The first-order valence-electron chi connectivity index (χ1n) is 10.3. The van der Waals surface area contributed by atoms with Gasteiger partial charge in [-0.15, -0.1) is 0 Å². The smallest absolute Gasteiger partial charge is 0.0892 e. The first-order chi connectivity index (χ1) is 12.3. The summed E-state index contributed by atoms with van der Waals surface area (Å²) >= 11 is 0. The zero-order chi connectivity index (χ0) is 19.4. The van der Waals surface area contributed by atoms with Crippen molar-refractivity contribution in [2.75, 3.05) is 0 Å². The van der Waals surface area contributed by atoms with E-state index in [1.807, 2.05) is 12.2 Å². The number of rotatable bonds is 13. The fourth-order valence-corrected chi connectivity index (χ4v) is 3.11. The molecule has 0 spiro atoms. The predicted octanol–water partition coefficient (Wildman–Crippen LogP) is 7.87. The van der Waals surface area contributed by atoms with Crippen molar-refractivity contribution in [3.05, 3.63) is 59.8 Å². The SMILES string of the molecule is C=C/C=C\CCC(C)=CCCC=C(C)CC/C=C(\C)CCC1OC1(C)C.